The number of nitrogens with one attached hydrogen (secondary N) is 1. The van der Waals surface area contributed by atoms with E-state index in [0.717, 1.165) is 5.69 Å². The molecular formula is C18H17NO2. The Bertz CT molecular complexity index is 849. The Labute approximate surface area is 123 Å². The maximum Gasteiger partial charge on any atom is 0.197 e. The van der Waals surface area contributed by atoms with Gasteiger partial charge in [0.2, 0.25) is 0 Å². The lowest BCUT2D eigenvalue weighted by Crippen LogP contribution is -2.13. The predicted octanol–water partition coefficient (Wildman–Crippen LogP) is 4.02. The summed E-state index contributed by atoms with van der Waals surface area (Å²) in [4.78, 5) is 12.4. The van der Waals surface area contributed by atoms with E-state index in [4.69, 9.17) is 4.42 Å². The van der Waals surface area contributed by atoms with Gasteiger partial charge in [0, 0.05) is 12.2 Å². The number of anilines is 1. The molecule has 1 N–H and O–H groups in total. The van der Waals surface area contributed by atoms with Crippen LogP contribution in [0.2, 0.25) is 0 Å². The lowest BCUT2D eigenvalue weighted by Gasteiger charge is -2.10. The lowest BCUT2D eigenvalue weighted by molar-refractivity contribution is 0.594. The van der Waals surface area contributed by atoms with Crippen molar-refractivity contribution >= 4 is 16.7 Å². The van der Waals surface area contributed by atoms with Gasteiger partial charge in [0.25, 0.3) is 0 Å². The fraction of sp³-hybridized carbons (Fsp3) is 0.167. The minimum absolute atomic E-state index is 0.0223. The molecule has 3 nitrogen and oxygen atoms in total. The quantitative estimate of drug-likeness (QED) is 0.787. The number of fused-ring (bicyclic) bond motifs is 1. The van der Waals surface area contributed by atoms with Crippen LogP contribution >= 0.6 is 0 Å². The summed E-state index contributed by atoms with van der Waals surface area (Å²) in [5.74, 6) is 0. The minimum Gasteiger partial charge on any atom is -0.464 e. The zero-order valence-electron chi connectivity index (χ0n) is 12.1. The summed E-state index contributed by atoms with van der Waals surface area (Å²) >= 11 is 0. The first-order chi connectivity index (χ1) is 10.1. The van der Waals surface area contributed by atoms with Crippen LogP contribution in [-0.2, 0) is 6.54 Å². The van der Waals surface area contributed by atoms with Crippen molar-refractivity contribution in [3.05, 3.63) is 75.6 Å². The summed E-state index contributed by atoms with van der Waals surface area (Å²) < 4.78 is 5.52. The Kier molecular flexibility index (Phi) is 3.48. The minimum atomic E-state index is 0.0223. The predicted molar refractivity (Wildman–Crippen MR) is 85.7 cm³/mol. The highest BCUT2D eigenvalue weighted by atomic mass is 16.3. The smallest absolute Gasteiger partial charge is 0.197 e. The number of hydrogen-bond acceptors (Lipinski definition) is 3. The van der Waals surface area contributed by atoms with Crippen LogP contribution in [0.25, 0.3) is 11.0 Å². The summed E-state index contributed by atoms with van der Waals surface area (Å²) in [6.45, 7) is 4.57. The third-order valence-electron chi connectivity index (χ3n) is 3.60. The fourth-order valence-electron chi connectivity index (χ4n) is 2.44. The van der Waals surface area contributed by atoms with E-state index >= 15 is 0 Å². The van der Waals surface area contributed by atoms with E-state index in [1.54, 1.807) is 18.4 Å². The normalized spacial score (nSPS) is 10.8. The SMILES string of the molecule is Cc1ccc(NCc2coc3ccccc3c2=O)c(C)c1. The van der Waals surface area contributed by atoms with Gasteiger partial charge in [-0.15, -0.1) is 0 Å². The van der Waals surface area contributed by atoms with Gasteiger partial charge in [-0.2, -0.15) is 0 Å². The van der Waals surface area contributed by atoms with Gasteiger partial charge in [0.15, 0.2) is 5.43 Å². The summed E-state index contributed by atoms with van der Waals surface area (Å²) in [6, 6.07) is 13.5. The van der Waals surface area contributed by atoms with Gasteiger partial charge in [-0.25, -0.2) is 0 Å². The molecule has 0 fully saturated rings. The molecule has 0 aliphatic heterocycles. The van der Waals surface area contributed by atoms with Crippen LogP contribution in [0.5, 0.6) is 0 Å². The monoisotopic (exact) mass is 279 g/mol. The molecule has 0 amide bonds. The van der Waals surface area contributed by atoms with Crippen molar-refractivity contribution in [1.82, 2.24) is 0 Å². The van der Waals surface area contributed by atoms with Gasteiger partial charge in [-0.3, -0.25) is 4.79 Å². The van der Waals surface area contributed by atoms with Gasteiger partial charge >= 0.3 is 0 Å². The van der Waals surface area contributed by atoms with Gasteiger partial charge < -0.3 is 9.73 Å². The van der Waals surface area contributed by atoms with Crippen LogP contribution in [-0.4, -0.2) is 0 Å². The Hall–Kier alpha value is -2.55. The Morgan fingerprint density at radius 2 is 1.90 bits per heavy atom. The van der Waals surface area contributed by atoms with Crippen molar-refractivity contribution in [2.75, 3.05) is 5.32 Å². The molecule has 0 spiro atoms. The van der Waals surface area contributed by atoms with E-state index < -0.39 is 0 Å². The third-order valence-corrected chi connectivity index (χ3v) is 3.60. The van der Waals surface area contributed by atoms with Crippen molar-refractivity contribution in [3.8, 4) is 0 Å². The fourth-order valence-corrected chi connectivity index (χ4v) is 2.44. The summed E-state index contributed by atoms with van der Waals surface area (Å²) in [6.07, 6.45) is 1.54. The Morgan fingerprint density at radius 1 is 1.10 bits per heavy atom. The topological polar surface area (TPSA) is 42.2 Å². The number of aryl methyl sites for hydroxylation is 2. The Morgan fingerprint density at radius 3 is 2.71 bits per heavy atom. The van der Waals surface area contributed by atoms with Crippen LogP contribution in [0, 0.1) is 13.8 Å². The molecule has 3 heteroatoms. The van der Waals surface area contributed by atoms with E-state index in [0.29, 0.717) is 23.1 Å². The van der Waals surface area contributed by atoms with E-state index in [9.17, 15) is 4.79 Å². The molecule has 2 aromatic carbocycles. The van der Waals surface area contributed by atoms with Crippen molar-refractivity contribution in [1.29, 1.82) is 0 Å². The van der Waals surface area contributed by atoms with Gasteiger partial charge in [-0.05, 0) is 37.6 Å². The van der Waals surface area contributed by atoms with Gasteiger partial charge in [-0.1, -0.05) is 29.8 Å². The molecule has 3 rings (SSSR count). The van der Waals surface area contributed by atoms with Gasteiger partial charge in [0.05, 0.1) is 17.2 Å². The summed E-state index contributed by atoms with van der Waals surface area (Å²) in [5, 5.41) is 3.92. The highest BCUT2D eigenvalue weighted by molar-refractivity contribution is 5.76. The molecule has 0 unspecified atom stereocenters. The molecule has 0 aliphatic carbocycles. The zero-order valence-corrected chi connectivity index (χ0v) is 12.1. The molecule has 1 heterocycles. The van der Waals surface area contributed by atoms with Crippen molar-refractivity contribution < 1.29 is 4.42 Å². The number of hydrogen-bond donors (Lipinski definition) is 1. The van der Waals surface area contributed by atoms with E-state index in [1.807, 2.05) is 18.2 Å². The second-order valence-corrected chi connectivity index (χ2v) is 5.26. The maximum absolute atomic E-state index is 12.4. The number of para-hydroxylation sites is 1. The van der Waals surface area contributed by atoms with E-state index in [-0.39, 0.29) is 5.43 Å². The second-order valence-electron chi connectivity index (χ2n) is 5.26. The standard InChI is InChI=1S/C18H17NO2/c1-12-7-8-16(13(2)9-12)19-10-14-11-21-17-6-4-3-5-15(17)18(14)20/h3-9,11,19H,10H2,1-2H3. The molecule has 0 aliphatic rings. The van der Waals surface area contributed by atoms with Crippen LogP contribution < -0.4 is 10.7 Å². The second kappa shape index (κ2) is 5.44. The highest BCUT2D eigenvalue weighted by Crippen LogP contribution is 2.17. The molecule has 0 bridgehead atoms. The summed E-state index contributed by atoms with van der Waals surface area (Å²) in [5.41, 5.74) is 4.71. The van der Waals surface area contributed by atoms with Crippen LogP contribution in [0.3, 0.4) is 0 Å². The summed E-state index contributed by atoms with van der Waals surface area (Å²) in [7, 11) is 0. The zero-order chi connectivity index (χ0) is 14.8. The van der Waals surface area contributed by atoms with E-state index in [2.05, 4.69) is 31.3 Å². The van der Waals surface area contributed by atoms with Crippen LogP contribution in [0.15, 0.2) is 57.9 Å². The maximum atomic E-state index is 12.4. The molecule has 0 atom stereocenters. The Balaban J connectivity index is 1.88. The third kappa shape index (κ3) is 2.68. The molecule has 3 aromatic rings. The average molecular weight is 279 g/mol. The number of rotatable bonds is 3. The molecule has 0 saturated carbocycles. The average Bonchev–Trinajstić information content (AvgIpc) is 2.48. The lowest BCUT2D eigenvalue weighted by atomic mass is 10.1. The molecule has 1 aromatic heterocycles. The van der Waals surface area contributed by atoms with Crippen LogP contribution in [0.4, 0.5) is 5.69 Å². The first kappa shape index (κ1) is 13.4. The molecule has 106 valence electrons. The van der Waals surface area contributed by atoms with Crippen molar-refractivity contribution in [2.24, 2.45) is 0 Å². The first-order valence-corrected chi connectivity index (χ1v) is 6.96. The molecule has 0 saturated heterocycles. The molecular weight excluding hydrogens is 262 g/mol. The number of benzene rings is 2. The first-order valence-electron chi connectivity index (χ1n) is 6.96. The van der Waals surface area contributed by atoms with Crippen LogP contribution in [0.1, 0.15) is 16.7 Å². The van der Waals surface area contributed by atoms with Gasteiger partial charge in [0.1, 0.15) is 5.58 Å². The van der Waals surface area contributed by atoms with E-state index in [1.165, 1.54) is 11.1 Å². The van der Waals surface area contributed by atoms with Crippen molar-refractivity contribution in [3.63, 3.8) is 0 Å². The molecule has 0 radical (unpaired) electrons. The molecule has 21 heavy (non-hydrogen) atoms. The largest absolute Gasteiger partial charge is 0.464 e. The highest BCUT2D eigenvalue weighted by Gasteiger charge is 2.06. The van der Waals surface area contributed by atoms with Crippen molar-refractivity contribution in [2.45, 2.75) is 20.4 Å².